The van der Waals surface area contributed by atoms with Gasteiger partial charge in [0.1, 0.15) is 11.5 Å². The van der Waals surface area contributed by atoms with Crippen LogP contribution in [-0.4, -0.2) is 11.9 Å². The number of hydrogen-bond donors (Lipinski definition) is 0. The average Bonchev–Trinajstić information content (AvgIpc) is 3.19. The van der Waals surface area contributed by atoms with Crippen molar-refractivity contribution in [3.63, 3.8) is 0 Å². The van der Waals surface area contributed by atoms with Gasteiger partial charge in [-0.3, -0.25) is 0 Å². The number of esters is 2. The molecule has 4 atom stereocenters. The Kier molecular flexibility index (Phi) is 4.15. The van der Waals surface area contributed by atoms with E-state index in [2.05, 4.69) is 32.1 Å². The van der Waals surface area contributed by atoms with Crippen molar-refractivity contribution in [1.82, 2.24) is 0 Å². The summed E-state index contributed by atoms with van der Waals surface area (Å²) in [5, 5.41) is 0. The van der Waals surface area contributed by atoms with Gasteiger partial charge >= 0.3 is 11.9 Å². The molecule has 2 fully saturated rings. The molecule has 1 spiro atoms. The van der Waals surface area contributed by atoms with Crippen molar-refractivity contribution in [2.45, 2.75) is 65.2 Å². The fraction of sp³-hybridized carbons (Fsp3) is 0.583. The second-order valence-electron chi connectivity index (χ2n) is 8.82. The zero-order valence-corrected chi connectivity index (χ0v) is 16.8. The molecule has 0 radical (unpaired) electrons. The number of rotatable bonds is 4. The van der Waals surface area contributed by atoms with Crippen molar-refractivity contribution in [2.75, 3.05) is 0 Å². The maximum atomic E-state index is 13.0. The number of allylic oxidation sites excluding steroid dienone is 5. The van der Waals surface area contributed by atoms with Gasteiger partial charge in [-0.05, 0) is 62.5 Å². The third-order valence-corrected chi connectivity index (χ3v) is 7.43. The molecule has 6 aliphatic rings. The zero-order chi connectivity index (χ0) is 19.5. The van der Waals surface area contributed by atoms with Crippen LogP contribution in [-0.2, 0) is 19.1 Å². The first-order valence-electron chi connectivity index (χ1n) is 10.9. The quantitative estimate of drug-likeness (QED) is 0.635. The van der Waals surface area contributed by atoms with Crippen molar-refractivity contribution in [3.05, 3.63) is 46.5 Å². The van der Waals surface area contributed by atoms with Gasteiger partial charge in [0.05, 0.1) is 5.41 Å². The van der Waals surface area contributed by atoms with Crippen molar-refractivity contribution in [1.29, 1.82) is 0 Å². The van der Waals surface area contributed by atoms with Crippen LogP contribution in [0.4, 0.5) is 0 Å². The lowest BCUT2D eigenvalue weighted by Gasteiger charge is -2.54. The van der Waals surface area contributed by atoms with Gasteiger partial charge in [0, 0.05) is 22.6 Å². The van der Waals surface area contributed by atoms with E-state index >= 15 is 0 Å². The Balaban J connectivity index is 1.68. The molecular formula is C24H28O4. The highest BCUT2D eigenvalue weighted by Gasteiger charge is 2.66. The Labute approximate surface area is 166 Å². The highest BCUT2D eigenvalue weighted by molar-refractivity contribution is 5.99. The first-order chi connectivity index (χ1) is 13.6. The molecule has 0 amide bonds. The van der Waals surface area contributed by atoms with E-state index in [1.54, 1.807) is 0 Å². The van der Waals surface area contributed by atoms with Crippen LogP contribution in [0.2, 0.25) is 0 Å². The van der Waals surface area contributed by atoms with Crippen LogP contribution in [0.5, 0.6) is 0 Å². The topological polar surface area (TPSA) is 52.6 Å². The van der Waals surface area contributed by atoms with E-state index in [0.29, 0.717) is 11.8 Å². The third-order valence-electron chi connectivity index (χ3n) is 7.43. The largest absolute Gasteiger partial charge is 0.427 e. The fourth-order valence-electron chi connectivity index (χ4n) is 6.29. The summed E-state index contributed by atoms with van der Waals surface area (Å²) in [6, 6.07) is 0. The third kappa shape index (κ3) is 2.23. The predicted octanol–water partition coefficient (Wildman–Crippen LogP) is 5.13. The minimum Gasteiger partial charge on any atom is -0.427 e. The highest BCUT2D eigenvalue weighted by Crippen LogP contribution is 2.68. The summed E-state index contributed by atoms with van der Waals surface area (Å²) in [6.45, 7) is 4.26. The molecule has 2 heterocycles. The molecule has 0 unspecified atom stereocenters. The molecule has 4 heteroatoms. The summed E-state index contributed by atoms with van der Waals surface area (Å²) < 4.78 is 11.6. The standard InChI is InChI=1S/C24H28O4/c1-3-5-7-18-16-10-9-15-14-11-12-24(21(15)20(16)23(26)27-18)17(13-14)22(25)28-19(24)8-6-4-2/h7-8,13-15,21H,3-6,9-12H2,1-2H3/b18-7+,19-8-/t14-,15+,21-,24+/m1/s1. The first-order valence-corrected chi connectivity index (χ1v) is 10.9. The summed E-state index contributed by atoms with van der Waals surface area (Å²) in [5.41, 5.74) is 2.29. The minimum atomic E-state index is -0.452. The number of ether oxygens (including phenoxy) is 2. The molecule has 4 aliphatic carbocycles. The van der Waals surface area contributed by atoms with Crippen molar-refractivity contribution >= 4 is 11.9 Å². The lowest BCUT2D eigenvalue weighted by Crippen LogP contribution is -2.50. The van der Waals surface area contributed by atoms with E-state index in [4.69, 9.17) is 9.47 Å². The summed E-state index contributed by atoms with van der Waals surface area (Å²) in [5.74, 6) is 1.96. The average molecular weight is 380 g/mol. The van der Waals surface area contributed by atoms with Gasteiger partial charge in [0.25, 0.3) is 0 Å². The van der Waals surface area contributed by atoms with Crippen LogP contribution in [0.15, 0.2) is 46.5 Å². The second-order valence-corrected chi connectivity index (χ2v) is 8.82. The number of fused-ring (bicyclic) bond motifs is 1. The second kappa shape index (κ2) is 6.47. The molecule has 0 aromatic heterocycles. The number of unbranched alkanes of at least 4 members (excludes halogenated alkanes) is 2. The van der Waals surface area contributed by atoms with Gasteiger partial charge in [-0.15, -0.1) is 0 Å². The fourth-order valence-corrected chi connectivity index (χ4v) is 6.29. The maximum Gasteiger partial charge on any atom is 0.340 e. The van der Waals surface area contributed by atoms with Gasteiger partial charge < -0.3 is 9.47 Å². The normalized spacial score (nSPS) is 38.4. The molecule has 0 N–H and O–H groups in total. The Morgan fingerprint density at radius 2 is 1.86 bits per heavy atom. The van der Waals surface area contributed by atoms with Gasteiger partial charge in [-0.25, -0.2) is 9.59 Å². The summed E-state index contributed by atoms with van der Waals surface area (Å²) >= 11 is 0. The molecule has 0 aromatic rings. The highest BCUT2D eigenvalue weighted by atomic mass is 16.5. The molecular weight excluding hydrogens is 352 g/mol. The van der Waals surface area contributed by atoms with E-state index < -0.39 is 5.41 Å². The number of carbonyl (C=O) groups is 2. The Morgan fingerprint density at radius 3 is 2.64 bits per heavy atom. The lowest BCUT2D eigenvalue weighted by molar-refractivity contribution is -0.135. The van der Waals surface area contributed by atoms with Crippen LogP contribution in [0.3, 0.4) is 0 Å². The van der Waals surface area contributed by atoms with E-state index in [9.17, 15) is 9.59 Å². The van der Waals surface area contributed by atoms with Gasteiger partial charge in [0.15, 0.2) is 0 Å². The number of cyclic esters (lactones) is 2. The van der Waals surface area contributed by atoms with Crippen LogP contribution < -0.4 is 0 Å². The van der Waals surface area contributed by atoms with Gasteiger partial charge in [-0.1, -0.05) is 32.8 Å². The van der Waals surface area contributed by atoms with E-state index in [0.717, 1.165) is 79.6 Å². The van der Waals surface area contributed by atoms with E-state index in [1.165, 1.54) is 0 Å². The molecule has 148 valence electrons. The zero-order valence-electron chi connectivity index (χ0n) is 16.8. The SMILES string of the molecule is CCC/C=C1\OC(=O)C2=C[C@H]3CC[C@]21[C@H]1C2=C(CC[C@@H]31)/C(=C\CCC)OC2=O. The first kappa shape index (κ1) is 18.0. The molecule has 2 aliphatic heterocycles. The summed E-state index contributed by atoms with van der Waals surface area (Å²) in [6.07, 6.45) is 14.1. The molecule has 0 aromatic carbocycles. The van der Waals surface area contributed by atoms with Crippen LogP contribution in [0, 0.1) is 23.2 Å². The van der Waals surface area contributed by atoms with Crippen LogP contribution >= 0.6 is 0 Å². The van der Waals surface area contributed by atoms with Gasteiger partial charge in [-0.2, -0.15) is 0 Å². The number of hydrogen-bond acceptors (Lipinski definition) is 4. The molecule has 1 saturated carbocycles. The van der Waals surface area contributed by atoms with Crippen molar-refractivity contribution in [2.24, 2.45) is 23.2 Å². The van der Waals surface area contributed by atoms with E-state index in [1.807, 2.05) is 0 Å². The Hall–Kier alpha value is -2.10. The Bertz CT molecular complexity index is 871. The monoisotopic (exact) mass is 380 g/mol. The smallest absolute Gasteiger partial charge is 0.340 e. The van der Waals surface area contributed by atoms with Crippen LogP contribution in [0.25, 0.3) is 0 Å². The molecule has 4 nitrogen and oxygen atoms in total. The molecule has 1 saturated heterocycles. The van der Waals surface area contributed by atoms with E-state index in [-0.39, 0.29) is 17.9 Å². The summed E-state index contributed by atoms with van der Waals surface area (Å²) in [7, 11) is 0. The number of carbonyl (C=O) groups excluding carboxylic acids is 2. The van der Waals surface area contributed by atoms with Gasteiger partial charge in [0.2, 0.25) is 0 Å². The molecule has 28 heavy (non-hydrogen) atoms. The van der Waals surface area contributed by atoms with Crippen LogP contribution in [0.1, 0.15) is 65.2 Å². The Morgan fingerprint density at radius 1 is 1.07 bits per heavy atom. The predicted molar refractivity (Wildman–Crippen MR) is 105 cm³/mol. The van der Waals surface area contributed by atoms with Crippen molar-refractivity contribution in [3.8, 4) is 0 Å². The molecule has 6 rings (SSSR count). The minimum absolute atomic E-state index is 0.0181. The maximum absolute atomic E-state index is 13.0. The summed E-state index contributed by atoms with van der Waals surface area (Å²) in [4.78, 5) is 25.8. The molecule has 2 bridgehead atoms. The lowest BCUT2D eigenvalue weighted by atomic mass is 9.47. The van der Waals surface area contributed by atoms with Crippen molar-refractivity contribution < 1.29 is 19.1 Å².